The van der Waals surface area contributed by atoms with E-state index in [2.05, 4.69) is 15.3 Å². The van der Waals surface area contributed by atoms with Gasteiger partial charge in [0.25, 0.3) is 0 Å². The average molecular weight is 416 g/mol. The first kappa shape index (κ1) is 15.9. The number of ether oxygens (including phenoxy) is 1. The van der Waals surface area contributed by atoms with Gasteiger partial charge < -0.3 is 0 Å². The van der Waals surface area contributed by atoms with Crippen LogP contribution in [0.1, 0.15) is 16.6 Å². The summed E-state index contributed by atoms with van der Waals surface area (Å²) in [6, 6.07) is 7.68. The molecule has 0 aliphatic heterocycles. The first-order chi connectivity index (χ1) is 9.54. The molecule has 0 fully saturated rings. The van der Waals surface area contributed by atoms with Crippen molar-refractivity contribution in [2.45, 2.75) is 16.8 Å². The zero-order valence-electron chi connectivity index (χ0n) is 11.8. The third-order valence-corrected chi connectivity index (χ3v) is 9.81. The molecule has 1 aromatic carbocycles. The zero-order valence-corrected chi connectivity index (χ0v) is 16.6. The van der Waals surface area contributed by atoms with E-state index in [0.29, 0.717) is 11.6 Å². The number of thiophene rings is 1. The van der Waals surface area contributed by atoms with Crippen molar-refractivity contribution < 1.29 is 9.53 Å². The molecule has 0 amide bonds. The van der Waals surface area contributed by atoms with E-state index in [9.17, 15) is 4.79 Å². The van der Waals surface area contributed by atoms with Gasteiger partial charge in [-0.1, -0.05) is 0 Å². The third kappa shape index (κ3) is 3.38. The van der Waals surface area contributed by atoms with Crippen LogP contribution in [-0.4, -0.2) is 32.3 Å². The number of rotatable bonds is 4. The van der Waals surface area contributed by atoms with E-state index >= 15 is 0 Å². The first-order valence-electron chi connectivity index (χ1n) is 6.59. The van der Waals surface area contributed by atoms with Gasteiger partial charge in [-0.2, -0.15) is 0 Å². The number of esters is 1. The van der Waals surface area contributed by atoms with E-state index in [-0.39, 0.29) is 5.97 Å². The molecule has 1 aromatic heterocycles. The van der Waals surface area contributed by atoms with E-state index in [4.69, 9.17) is 16.3 Å². The summed E-state index contributed by atoms with van der Waals surface area (Å²) < 4.78 is 6.55. The summed E-state index contributed by atoms with van der Waals surface area (Å²) >= 11 is 5.73. The van der Waals surface area contributed by atoms with Gasteiger partial charge in [-0.05, 0) is 0 Å². The minimum atomic E-state index is -1.72. The number of hydrogen-bond donors (Lipinski definition) is 0. The summed E-state index contributed by atoms with van der Waals surface area (Å²) in [6.45, 7) is 2.23. The number of benzene rings is 1. The molecule has 20 heavy (non-hydrogen) atoms. The monoisotopic (exact) mass is 416 g/mol. The van der Waals surface area contributed by atoms with E-state index < -0.39 is 19.8 Å². The third-order valence-electron chi connectivity index (χ3n) is 3.04. The van der Waals surface area contributed by atoms with Gasteiger partial charge >= 0.3 is 136 Å². The van der Waals surface area contributed by atoms with Gasteiger partial charge in [0.15, 0.2) is 0 Å². The molecule has 0 aliphatic carbocycles. The minimum absolute atomic E-state index is 0.222. The molecular weight excluding hydrogens is 398 g/mol. The number of hydrogen-bond acceptors (Lipinski definition) is 3. The molecule has 5 heteroatoms. The Kier molecular flexibility index (Phi) is 5.52. The second-order valence-electron chi connectivity index (χ2n) is 4.78. The Morgan fingerprint density at radius 1 is 1.30 bits per heavy atom. The van der Waals surface area contributed by atoms with Crippen molar-refractivity contribution in [3.05, 3.63) is 39.5 Å². The fourth-order valence-corrected chi connectivity index (χ4v) is 9.07. The summed E-state index contributed by atoms with van der Waals surface area (Å²) in [6.07, 6.45) is 0. The van der Waals surface area contributed by atoms with Crippen LogP contribution >= 0.6 is 22.9 Å². The van der Waals surface area contributed by atoms with Crippen LogP contribution in [0.5, 0.6) is 0 Å². The predicted molar refractivity (Wildman–Crippen MR) is 89.2 cm³/mol. The molecule has 1 heterocycles. The van der Waals surface area contributed by atoms with E-state index in [0.717, 1.165) is 16.0 Å². The van der Waals surface area contributed by atoms with Gasteiger partial charge in [-0.3, -0.25) is 0 Å². The second kappa shape index (κ2) is 6.96. The van der Waals surface area contributed by atoms with Gasteiger partial charge in [0.05, 0.1) is 0 Å². The molecule has 0 bridgehead atoms. The van der Waals surface area contributed by atoms with Crippen molar-refractivity contribution in [3.63, 3.8) is 0 Å². The average Bonchev–Trinajstić information content (AvgIpc) is 2.84. The number of carbonyl (C=O) groups is 1. The second-order valence-corrected chi connectivity index (χ2v) is 14.5. The molecule has 0 spiro atoms. The van der Waals surface area contributed by atoms with Crippen LogP contribution in [0.25, 0.3) is 11.1 Å². The van der Waals surface area contributed by atoms with Crippen LogP contribution in [-0.2, 0) is 4.74 Å². The summed E-state index contributed by atoms with van der Waals surface area (Å²) in [7, 11) is 0. The van der Waals surface area contributed by atoms with Crippen LogP contribution in [0.15, 0.2) is 29.6 Å². The summed E-state index contributed by atoms with van der Waals surface area (Å²) in [4.78, 5) is 17.5. The van der Waals surface area contributed by atoms with Gasteiger partial charge in [0, 0.05) is 0 Å². The van der Waals surface area contributed by atoms with Crippen molar-refractivity contribution in [3.8, 4) is 11.1 Å². The Hall–Kier alpha value is -0.521. The van der Waals surface area contributed by atoms with Crippen molar-refractivity contribution in [2.24, 2.45) is 0 Å². The molecule has 106 valence electrons. The van der Waals surface area contributed by atoms with E-state index in [1.165, 1.54) is 14.9 Å². The molecule has 0 atom stereocenters. The van der Waals surface area contributed by atoms with Crippen LogP contribution in [0, 0.1) is 0 Å². The maximum atomic E-state index is 12.1. The van der Waals surface area contributed by atoms with Gasteiger partial charge in [0.1, 0.15) is 0 Å². The van der Waals surface area contributed by atoms with E-state index in [1.807, 2.05) is 31.2 Å². The maximum absolute atomic E-state index is 12.1. The number of halogens is 1. The molecular formula is C15H17ClO2SSn. The van der Waals surface area contributed by atoms with Crippen molar-refractivity contribution in [1.29, 1.82) is 0 Å². The van der Waals surface area contributed by atoms with Crippen LogP contribution < -0.4 is 3.58 Å². The first-order valence-corrected chi connectivity index (χ1v) is 16.1. The predicted octanol–water partition coefficient (Wildman–Crippen LogP) is 3.94. The summed E-state index contributed by atoms with van der Waals surface area (Å²) in [5, 5.41) is 2.84. The SMILES string of the molecule is CCOC(=O)c1sc[c]([SnH]([CH3])[CH3])c1-c1ccc(Cl)cc1. The normalized spacial score (nSPS) is 10.8. The van der Waals surface area contributed by atoms with Crippen LogP contribution in [0.3, 0.4) is 0 Å². The Bertz CT molecular complexity index is 605. The fraction of sp³-hybridized carbons (Fsp3) is 0.267. The van der Waals surface area contributed by atoms with Crippen LogP contribution in [0.2, 0.25) is 14.9 Å². The van der Waals surface area contributed by atoms with Gasteiger partial charge in [0.2, 0.25) is 0 Å². The Balaban J connectivity index is 2.55. The van der Waals surface area contributed by atoms with Gasteiger partial charge in [-0.25, -0.2) is 0 Å². The van der Waals surface area contributed by atoms with Gasteiger partial charge in [-0.15, -0.1) is 0 Å². The molecule has 0 saturated heterocycles. The zero-order chi connectivity index (χ0) is 14.7. The Morgan fingerprint density at radius 3 is 2.50 bits per heavy atom. The summed E-state index contributed by atoms with van der Waals surface area (Å²) in [5.41, 5.74) is 2.12. The quantitative estimate of drug-likeness (QED) is 0.559. The van der Waals surface area contributed by atoms with Crippen molar-refractivity contribution in [1.82, 2.24) is 0 Å². The van der Waals surface area contributed by atoms with Crippen LogP contribution in [0.4, 0.5) is 0 Å². The molecule has 0 saturated carbocycles. The molecule has 2 rings (SSSR count). The number of carbonyl (C=O) groups excluding carboxylic acids is 1. The Labute approximate surface area is 135 Å². The molecule has 0 aliphatic rings. The standard InChI is InChI=1S/C13H10ClO2S.2CH3.Sn.H/c1-2-16-13(15)12-11(7-8-17-12)9-3-5-10(14)6-4-9;;;;/h3-6,8H,2H2,1H3;2*1H3;;. The molecule has 2 nitrogen and oxygen atoms in total. The molecule has 0 unspecified atom stereocenters. The topological polar surface area (TPSA) is 26.3 Å². The molecule has 2 aromatic rings. The van der Waals surface area contributed by atoms with Crippen molar-refractivity contribution in [2.75, 3.05) is 6.61 Å². The molecule has 0 N–H and O–H groups in total. The van der Waals surface area contributed by atoms with Crippen molar-refractivity contribution >= 4 is 52.2 Å². The molecule has 0 radical (unpaired) electrons. The Morgan fingerprint density at radius 2 is 1.95 bits per heavy atom. The summed E-state index contributed by atoms with van der Waals surface area (Å²) in [5.74, 6) is -0.222. The van der Waals surface area contributed by atoms with E-state index in [1.54, 1.807) is 0 Å². The fourth-order valence-electron chi connectivity index (χ4n) is 2.06.